The maximum absolute atomic E-state index is 11.4. The largest absolute Gasteiger partial charge is 0.384 e. The van der Waals surface area contributed by atoms with Crippen molar-refractivity contribution in [2.24, 2.45) is 5.41 Å². The number of hydrogen-bond donors (Lipinski definition) is 0. The van der Waals surface area contributed by atoms with Crippen molar-refractivity contribution in [2.75, 3.05) is 25.2 Å². The Morgan fingerprint density at radius 2 is 2.00 bits per heavy atom. The Labute approximate surface area is 95.3 Å². The molecule has 0 aromatic rings. The minimum atomic E-state index is -0.758. The zero-order valence-corrected chi connectivity index (χ0v) is 10.7. The fraction of sp³-hybridized carbons (Fsp3) is 0.909. The highest BCUT2D eigenvalue weighted by Gasteiger charge is 2.15. The molecule has 0 fully saturated rings. The number of methoxy groups -OCH3 is 1. The van der Waals surface area contributed by atoms with Crippen molar-refractivity contribution in [3.63, 3.8) is 0 Å². The number of rotatable bonds is 8. The molecule has 0 radical (unpaired) electrons. The van der Waals surface area contributed by atoms with Crippen LogP contribution in [0.3, 0.4) is 0 Å². The molecule has 0 aromatic carbocycles. The van der Waals surface area contributed by atoms with Crippen molar-refractivity contribution in [2.45, 2.75) is 33.1 Å². The third-order valence-electron chi connectivity index (χ3n) is 2.24. The molecule has 0 saturated carbocycles. The Balaban J connectivity index is 3.47. The van der Waals surface area contributed by atoms with Crippen LogP contribution in [0.5, 0.6) is 0 Å². The van der Waals surface area contributed by atoms with Crippen LogP contribution in [0.25, 0.3) is 0 Å². The lowest BCUT2D eigenvalue weighted by Gasteiger charge is -2.13. The summed E-state index contributed by atoms with van der Waals surface area (Å²) in [6, 6.07) is 2.27. The molecule has 0 aliphatic heterocycles. The van der Waals surface area contributed by atoms with Gasteiger partial charge in [-0.2, -0.15) is 5.26 Å². The molecule has 1 atom stereocenters. The van der Waals surface area contributed by atoms with E-state index < -0.39 is 10.8 Å². The molecule has 0 bridgehead atoms. The number of hydrogen-bond acceptors (Lipinski definition) is 3. The summed E-state index contributed by atoms with van der Waals surface area (Å²) in [5.41, 5.74) is -0.242. The summed E-state index contributed by atoms with van der Waals surface area (Å²) < 4.78 is 16.2. The van der Waals surface area contributed by atoms with Crippen molar-refractivity contribution < 1.29 is 8.95 Å². The molecular weight excluding hydrogens is 210 g/mol. The van der Waals surface area contributed by atoms with Crippen LogP contribution in [0.2, 0.25) is 0 Å². The van der Waals surface area contributed by atoms with Gasteiger partial charge in [0, 0.05) is 29.4 Å². The first-order valence-electron chi connectivity index (χ1n) is 5.27. The van der Waals surface area contributed by atoms with Gasteiger partial charge in [-0.15, -0.1) is 0 Å². The second-order valence-electron chi connectivity index (χ2n) is 4.29. The van der Waals surface area contributed by atoms with Crippen molar-refractivity contribution in [3.05, 3.63) is 0 Å². The molecule has 0 N–H and O–H groups in total. The summed E-state index contributed by atoms with van der Waals surface area (Å²) in [7, 11) is 0.860. The monoisotopic (exact) mass is 231 g/mol. The third-order valence-corrected chi connectivity index (χ3v) is 3.61. The van der Waals surface area contributed by atoms with Gasteiger partial charge in [-0.1, -0.05) is 6.42 Å². The molecule has 0 rings (SSSR count). The number of unbranched alkanes of at least 4 members (excludes halogenated alkanes) is 1. The molecule has 0 heterocycles. The maximum Gasteiger partial charge on any atom is 0.0683 e. The molecule has 1 unspecified atom stereocenters. The summed E-state index contributed by atoms with van der Waals surface area (Å²) >= 11 is 0. The van der Waals surface area contributed by atoms with Gasteiger partial charge >= 0.3 is 0 Å². The predicted molar refractivity (Wildman–Crippen MR) is 63.0 cm³/mol. The van der Waals surface area contributed by atoms with Gasteiger partial charge in [0.25, 0.3) is 0 Å². The van der Waals surface area contributed by atoms with E-state index in [-0.39, 0.29) is 5.41 Å². The van der Waals surface area contributed by atoms with E-state index in [0.717, 1.165) is 25.0 Å². The van der Waals surface area contributed by atoms with Crippen LogP contribution in [0.4, 0.5) is 0 Å². The number of nitriles is 1. The highest BCUT2D eigenvalue weighted by atomic mass is 32.2. The minimum Gasteiger partial charge on any atom is -0.384 e. The zero-order valence-electron chi connectivity index (χ0n) is 9.91. The molecular formula is C11H21NO2S. The van der Waals surface area contributed by atoms with Crippen LogP contribution in [0.15, 0.2) is 0 Å². The Kier molecular flexibility index (Phi) is 7.63. The SMILES string of the molecule is COCCS(=O)CCCCC(C)(C)C#N. The van der Waals surface area contributed by atoms with Gasteiger partial charge in [0.15, 0.2) is 0 Å². The average molecular weight is 231 g/mol. The van der Waals surface area contributed by atoms with Crippen LogP contribution >= 0.6 is 0 Å². The Morgan fingerprint density at radius 3 is 2.53 bits per heavy atom. The van der Waals surface area contributed by atoms with Gasteiger partial charge in [-0.05, 0) is 26.7 Å². The van der Waals surface area contributed by atoms with Crippen LogP contribution in [0.1, 0.15) is 33.1 Å². The Morgan fingerprint density at radius 1 is 1.33 bits per heavy atom. The van der Waals surface area contributed by atoms with Gasteiger partial charge in [0.1, 0.15) is 0 Å². The van der Waals surface area contributed by atoms with E-state index >= 15 is 0 Å². The topological polar surface area (TPSA) is 50.1 Å². The van der Waals surface area contributed by atoms with E-state index in [0.29, 0.717) is 12.4 Å². The second-order valence-corrected chi connectivity index (χ2v) is 5.99. The molecule has 0 saturated heterocycles. The van der Waals surface area contributed by atoms with E-state index in [1.165, 1.54) is 0 Å². The van der Waals surface area contributed by atoms with Crippen molar-refractivity contribution >= 4 is 10.8 Å². The molecule has 88 valence electrons. The Bertz CT molecular complexity index is 233. The van der Waals surface area contributed by atoms with Crippen molar-refractivity contribution in [1.29, 1.82) is 5.26 Å². The lowest BCUT2D eigenvalue weighted by molar-refractivity contribution is 0.218. The summed E-state index contributed by atoms with van der Waals surface area (Å²) in [6.45, 7) is 4.44. The van der Waals surface area contributed by atoms with E-state index in [4.69, 9.17) is 10.00 Å². The molecule has 0 aliphatic rings. The summed E-state index contributed by atoms with van der Waals surface area (Å²) in [5, 5.41) is 8.79. The zero-order chi connectivity index (χ0) is 11.7. The lowest BCUT2D eigenvalue weighted by atomic mass is 9.89. The molecule has 4 heteroatoms. The van der Waals surface area contributed by atoms with Gasteiger partial charge in [0.2, 0.25) is 0 Å². The van der Waals surface area contributed by atoms with Gasteiger partial charge in [-0.25, -0.2) is 0 Å². The maximum atomic E-state index is 11.4. The molecule has 0 spiro atoms. The van der Waals surface area contributed by atoms with Crippen LogP contribution < -0.4 is 0 Å². The fourth-order valence-corrected chi connectivity index (χ4v) is 2.25. The van der Waals surface area contributed by atoms with Gasteiger partial charge < -0.3 is 4.74 Å². The van der Waals surface area contributed by atoms with Gasteiger partial charge in [-0.3, -0.25) is 4.21 Å². The summed E-state index contributed by atoms with van der Waals surface area (Å²) in [5.74, 6) is 1.35. The molecule has 0 amide bonds. The first-order chi connectivity index (χ1) is 7.02. The third kappa shape index (κ3) is 8.59. The van der Waals surface area contributed by atoms with E-state index in [1.54, 1.807) is 7.11 Å². The quantitative estimate of drug-likeness (QED) is 0.601. The van der Waals surface area contributed by atoms with E-state index in [1.807, 2.05) is 13.8 Å². The van der Waals surface area contributed by atoms with E-state index in [2.05, 4.69) is 6.07 Å². The van der Waals surface area contributed by atoms with Crippen LogP contribution in [-0.2, 0) is 15.5 Å². The predicted octanol–water partition coefficient (Wildman–Crippen LogP) is 2.10. The minimum absolute atomic E-state index is 0.242. The summed E-state index contributed by atoms with van der Waals surface area (Å²) in [4.78, 5) is 0. The van der Waals surface area contributed by atoms with Crippen LogP contribution in [-0.4, -0.2) is 29.4 Å². The highest BCUT2D eigenvalue weighted by Crippen LogP contribution is 2.21. The lowest BCUT2D eigenvalue weighted by Crippen LogP contribution is -2.10. The van der Waals surface area contributed by atoms with Crippen LogP contribution in [0, 0.1) is 16.7 Å². The smallest absolute Gasteiger partial charge is 0.0683 e. The van der Waals surface area contributed by atoms with Crippen molar-refractivity contribution in [3.8, 4) is 6.07 Å². The van der Waals surface area contributed by atoms with E-state index in [9.17, 15) is 4.21 Å². The summed E-state index contributed by atoms with van der Waals surface area (Å²) in [6.07, 6.45) is 2.78. The average Bonchev–Trinajstić information content (AvgIpc) is 2.21. The molecule has 15 heavy (non-hydrogen) atoms. The van der Waals surface area contributed by atoms with Gasteiger partial charge in [0.05, 0.1) is 18.1 Å². The first-order valence-corrected chi connectivity index (χ1v) is 6.76. The Hall–Kier alpha value is -0.400. The van der Waals surface area contributed by atoms with Crippen molar-refractivity contribution in [1.82, 2.24) is 0 Å². The molecule has 0 aromatic heterocycles. The molecule has 0 aliphatic carbocycles. The number of nitrogens with zero attached hydrogens (tertiary/aromatic N) is 1. The molecule has 3 nitrogen and oxygen atoms in total. The fourth-order valence-electron chi connectivity index (χ4n) is 1.16. The highest BCUT2D eigenvalue weighted by molar-refractivity contribution is 7.84. The first kappa shape index (κ1) is 14.6. The number of ether oxygens (including phenoxy) is 1. The normalized spacial score (nSPS) is 13.5. The second kappa shape index (κ2) is 7.84. The standard InChI is InChI=1S/C11H21NO2S/c1-11(2,10-12)6-4-5-8-15(13)9-7-14-3/h4-9H2,1-3H3.